The van der Waals surface area contributed by atoms with Crippen LogP contribution in [-0.2, 0) is 21.4 Å². The van der Waals surface area contributed by atoms with Crippen LogP contribution in [0.25, 0.3) is 0 Å². The molecule has 0 heterocycles. The molecule has 2 rings (SSSR count). The Hall–Kier alpha value is -1.89. The number of hydrogen-bond acceptors (Lipinski definition) is 3. The van der Waals surface area contributed by atoms with Gasteiger partial charge in [0.25, 0.3) is 0 Å². The van der Waals surface area contributed by atoms with E-state index in [-0.39, 0.29) is 4.90 Å². The van der Waals surface area contributed by atoms with Crippen molar-refractivity contribution >= 4 is 27.5 Å². The zero-order chi connectivity index (χ0) is 17.7. The van der Waals surface area contributed by atoms with E-state index in [1.807, 2.05) is 31.2 Å². The van der Waals surface area contributed by atoms with Gasteiger partial charge < -0.3 is 5.32 Å². The van der Waals surface area contributed by atoms with E-state index in [0.29, 0.717) is 11.6 Å². The molecule has 128 valence electrons. The van der Waals surface area contributed by atoms with Crippen LogP contribution in [-0.4, -0.2) is 20.4 Å². The number of nitrogens with one attached hydrogen (secondary N) is 2. The second kappa shape index (κ2) is 7.79. The molecular formula is C17H19ClN2O3S. The molecule has 2 aromatic carbocycles. The maximum atomic E-state index is 12.3. The van der Waals surface area contributed by atoms with Gasteiger partial charge in [0.2, 0.25) is 15.9 Å². The van der Waals surface area contributed by atoms with E-state index < -0.39 is 22.0 Å². The fourth-order valence-electron chi connectivity index (χ4n) is 2.13. The van der Waals surface area contributed by atoms with Gasteiger partial charge in [-0.2, -0.15) is 4.72 Å². The number of rotatable bonds is 6. The van der Waals surface area contributed by atoms with Crippen LogP contribution < -0.4 is 10.0 Å². The smallest absolute Gasteiger partial charge is 0.241 e. The molecule has 0 aliphatic carbocycles. The highest BCUT2D eigenvalue weighted by Crippen LogP contribution is 2.15. The van der Waals surface area contributed by atoms with Crippen molar-refractivity contribution in [3.05, 3.63) is 64.7 Å². The molecule has 0 radical (unpaired) electrons. The number of benzene rings is 2. The number of halogens is 1. The Morgan fingerprint density at radius 1 is 1.17 bits per heavy atom. The Kier molecular flexibility index (Phi) is 5.99. The predicted molar refractivity (Wildman–Crippen MR) is 94.3 cm³/mol. The van der Waals surface area contributed by atoms with Crippen LogP contribution in [0.2, 0.25) is 5.02 Å². The van der Waals surface area contributed by atoms with Crippen LogP contribution in [0, 0.1) is 6.92 Å². The molecule has 0 aliphatic heterocycles. The number of aryl methyl sites for hydroxylation is 1. The van der Waals surface area contributed by atoms with Crippen molar-refractivity contribution in [2.75, 3.05) is 0 Å². The molecule has 5 nitrogen and oxygen atoms in total. The van der Waals surface area contributed by atoms with Gasteiger partial charge in [0.05, 0.1) is 10.9 Å². The van der Waals surface area contributed by atoms with Crippen molar-refractivity contribution < 1.29 is 13.2 Å². The van der Waals surface area contributed by atoms with Crippen molar-refractivity contribution in [3.8, 4) is 0 Å². The molecule has 0 bridgehead atoms. The van der Waals surface area contributed by atoms with Crippen molar-refractivity contribution in [3.63, 3.8) is 0 Å². The molecule has 0 aromatic heterocycles. The maximum absolute atomic E-state index is 12.3. The quantitative estimate of drug-likeness (QED) is 0.825. The van der Waals surface area contributed by atoms with Crippen LogP contribution in [0.4, 0.5) is 0 Å². The first-order valence-corrected chi connectivity index (χ1v) is 9.26. The average Bonchev–Trinajstić information content (AvgIpc) is 2.53. The van der Waals surface area contributed by atoms with Crippen LogP contribution in [0.3, 0.4) is 0 Å². The number of hydrogen-bond donors (Lipinski definition) is 2. The Morgan fingerprint density at radius 3 is 2.54 bits per heavy atom. The van der Waals surface area contributed by atoms with E-state index >= 15 is 0 Å². The number of carbonyl (C=O) groups excluding carboxylic acids is 1. The van der Waals surface area contributed by atoms with Gasteiger partial charge in [-0.15, -0.1) is 0 Å². The Morgan fingerprint density at radius 2 is 1.88 bits per heavy atom. The SMILES string of the molecule is Cc1ccccc1CNC(=O)[C@H](C)NS(=O)(=O)c1cccc(Cl)c1. The minimum Gasteiger partial charge on any atom is -0.351 e. The summed E-state index contributed by atoms with van der Waals surface area (Å²) in [4.78, 5) is 12.2. The molecule has 0 aliphatic rings. The lowest BCUT2D eigenvalue weighted by atomic mass is 10.1. The highest BCUT2D eigenvalue weighted by molar-refractivity contribution is 7.89. The number of amides is 1. The van der Waals surface area contributed by atoms with Gasteiger partial charge in [0.15, 0.2) is 0 Å². The lowest BCUT2D eigenvalue weighted by Crippen LogP contribution is -2.44. The summed E-state index contributed by atoms with van der Waals surface area (Å²) in [5.74, 6) is -0.399. The Balaban J connectivity index is 1.99. The number of sulfonamides is 1. The first kappa shape index (κ1) is 18.4. The molecule has 7 heteroatoms. The van der Waals surface area contributed by atoms with Gasteiger partial charge in [-0.05, 0) is 43.2 Å². The molecule has 0 unspecified atom stereocenters. The van der Waals surface area contributed by atoms with Crippen LogP contribution >= 0.6 is 11.6 Å². The van der Waals surface area contributed by atoms with Gasteiger partial charge in [-0.3, -0.25) is 4.79 Å². The summed E-state index contributed by atoms with van der Waals surface area (Å²) in [6, 6.07) is 12.6. The molecule has 24 heavy (non-hydrogen) atoms. The predicted octanol–water partition coefficient (Wildman–Crippen LogP) is 2.63. The standard InChI is InChI=1S/C17H19ClN2O3S/c1-12-6-3-4-7-14(12)11-19-17(21)13(2)20-24(22,23)16-9-5-8-15(18)10-16/h3-10,13,20H,11H2,1-2H3,(H,19,21)/t13-/m0/s1. The van der Waals surface area contributed by atoms with Gasteiger partial charge in [0, 0.05) is 11.6 Å². The van der Waals surface area contributed by atoms with E-state index in [2.05, 4.69) is 10.0 Å². The highest BCUT2D eigenvalue weighted by Gasteiger charge is 2.22. The van der Waals surface area contributed by atoms with Gasteiger partial charge in [-0.25, -0.2) is 8.42 Å². The second-order valence-corrected chi connectivity index (χ2v) is 7.60. The van der Waals surface area contributed by atoms with E-state index in [1.54, 1.807) is 12.1 Å². The fourth-order valence-corrected chi connectivity index (χ4v) is 3.64. The van der Waals surface area contributed by atoms with Crippen molar-refractivity contribution in [1.82, 2.24) is 10.0 Å². The summed E-state index contributed by atoms with van der Waals surface area (Å²) in [6.07, 6.45) is 0. The maximum Gasteiger partial charge on any atom is 0.241 e. The third-order valence-electron chi connectivity index (χ3n) is 3.55. The monoisotopic (exact) mass is 366 g/mol. The number of carbonyl (C=O) groups is 1. The summed E-state index contributed by atoms with van der Waals surface area (Å²) in [5.41, 5.74) is 2.04. The molecule has 2 N–H and O–H groups in total. The largest absolute Gasteiger partial charge is 0.351 e. The van der Waals surface area contributed by atoms with Crippen molar-refractivity contribution in [2.45, 2.75) is 31.3 Å². The normalized spacial score (nSPS) is 12.6. The summed E-state index contributed by atoms with van der Waals surface area (Å²) < 4.78 is 26.9. The van der Waals surface area contributed by atoms with Crippen LogP contribution in [0.15, 0.2) is 53.4 Å². The van der Waals surface area contributed by atoms with E-state index in [1.165, 1.54) is 19.1 Å². The van der Waals surface area contributed by atoms with Crippen molar-refractivity contribution in [1.29, 1.82) is 0 Å². The molecule has 0 spiro atoms. The molecule has 1 amide bonds. The molecule has 1 atom stereocenters. The molecule has 0 saturated heterocycles. The molecule has 0 fully saturated rings. The van der Waals surface area contributed by atoms with Gasteiger partial charge >= 0.3 is 0 Å². The van der Waals surface area contributed by atoms with Crippen molar-refractivity contribution in [2.24, 2.45) is 0 Å². The fraction of sp³-hybridized carbons (Fsp3) is 0.235. The first-order valence-electron chi connectivity index (χ1n) is 7.40. The van der Waals surface area contributed by atoms with E-state index in [4.69, 9.17) is 11.6 Å². The Bertz CT molecular complexity index is 837. The van der Waals surface area contributed by atoms with Gasteiger partial charge in [0.1, 0.15) is 0 Å². The Labute approximate surface area is 147 Å². The summed E-state index contributed by atoms with van der Waals surface area (Å²) >= 11 is 5.81. The summed E-state index contributed by atoms with van der Waals surface area (Å²) in [7, 11) is -3.81. The summed E-state index contributed by atoms with van der Waals surface area (Å²) in [6.45, 7) is 3.79. The lowest BCUT2D eigenvalue weighted by molar-refractivity contribution is -0.122. The van der Waals surface area contributed by atoms with Crippen LogP contribution in [0.5, 0.6) is 0 Å². The zero-order valence-corrected chi connectivity index (χ0v) is 15.0. The molecular weight excluding hydrogens is 348 g/mol. The first-order chi connectivity index (χ1) is 11.3. The lowest BCUT2D eigenvalue weighted by Gasteiger charge is -2.15. The highest BCUT2D eigenvalue weighted by atomic mass is 35.5. The average molecular weight is 367 g/mol. The third-order valence-corrected chi connectivity index (χ3v) is 5.32. The summed E-state index contributed by atoms with van der Waals surface area (Å²) in [5, 5.41) is 3.05. The zero-order valence-electron chi connectivity index (χ0n) is 13.4. The van der Waals surface area contributed by atoms with E-state index in [9.17, 15) is 13.2 Å². The molecule has 0 saturated carbocycles. The minimum absolute atomic E-state index is 0.0218. The van der Waals surface area contributed by atoms with Gasteiger partial charge in [-0.1, -0.05) is 41.9 Å². The topological polar surface area (TPSA) is 75.3 Å². The second-order valence-electron chi connectivity index (χ2n) is 5.44. The molecule has 2 aromatic rings. The van der Waals surface area contributed by atoms with E-state index in [0.717, 1.165) is 11.1 Å². The third kappa shape index (κ3) is 4.80. The van der Waals surface area contributed by atoms with Crippen LogP contribution in [0.1, 0.15) is 18.1 Å². The minimum atomic E-state index is -3.81.